The van der Waals surface area contributed by atoms with Gasteiger partial charge in [-0.15, -0.1) is 0 Å². The van der Waals surface area contributed by atoms with Gasteiger partial charge in [-0.05, 0) is 24.3 Å². The van der Waals surface area contributed by atoms with Gasteiger partial charge in [0.15, 0.2) is 0 Å². The van der Waals surface area contributed by atoms with E-state index in [1.807, 2.05) is 18.2 Å². The molecule has 1 aromatic carbocycles. The van der Waals surface area contributed by atoms with Gasteiger partial charge >= 0.3 is 7.60 Å². The van der Waals surface area contributed by atoms with E-state index in [1.54, 1.807) is 0 Å². The summed E-state index contributed by atoms with van der Waals surface area (Å²) in [6, 6.07) is 10.2. The van der Waals surface area contributed by atoms with Crippen LogP contribution in [0.1, 0.15) is 31.2 Å². The maximum Gasteiger partial charge on any atom is 0.327 e. The van der Waals surface area contributed by atoms with Crippen LogP contribution in [0.2, 0.25) is 0 Å². The quantitative estimate of drug-likeness (QED) is 0.564. The van der Waals surface area contributed by atoms with Crippen molar-refractivity contribution in [2.24, 2.45) is 0 Å². The van der Waals surface area contributed by atoms with Gasteiger partial charge < -0.3 is 14.5 Å². The molecule has 4 nitrogen and oxygen atoms in total. The Hall–Kier alpha value is -0.670. The molecule has 0 aliphatic carbocycles. The molecule has 0 radical (unpaired) electrons. The Bertz CT molecular complexity index is 374. The molecule has 0 saturated carbocycles. The van der Waals surface area contributed by atoms with Crippen LogP contribution >= 0.6 is 7.60 Å². The Labute approximate surface area is 108 Å². The Balaban J connectivity index is 2.27. The van der Waals surface area contributed by atoms with Crippen LogP contribution in [-0.4, -0.2) is 29.2 Å². The van der Waals surface area contributed by atoms with Crippen LogP contribution in [0.15, 0.2) is 30.3 Å². The van der Waals surface area contributed by atoms with Crippen LogP contribution in [0.25, 0.3) is 0 Å². The summed E-state index contributed by atoms with van der Waals surface area (Å²) < 4.78 is 15.9. The lowest BCUT2D eigenvalue weighted by molar-refractivity contribution is 0.137. The molecule has 0 heterocycles. The van der Waals surface area contributed by atoms with Crippen LogP contribution in [0.3, 0.4) is 0 Å². The molecule has 0 fully saturated rings. The van der Waals surface area contributed by atoms with E-state index in [0.717, 1.165) is 12.8 Å². The highest BCUT2D eigenvalue weighted by Gasteiger charge is 2.12. The van der Waals surface area contributed by atoms with E-state index in [1.165, 1.54) is 5.56 Å². The van der Waals surface area contributed by atoms with E-state index in [0.29, 0.717) is 12.5 Å². The number of rotatable bonds is 8. The Morgan fingerprint density at radius 2 is 1.89 bits per heavy atom. The van der Waals surface area contributed by atoms with Crippen molar-refractivity contribution in [2.45, 2.75) is 25.7 Å². The SMILES string of the molecule is CCC(CCOCCP(=O)(O)O)c1ccccc1. The first-order chi connectivity index (χ1) is 8.53. The largest absolute Gasteiger partial charge is 0.381 e. The minimum atomic E-state index is -3.92. The third-order valence-electron chi connectivity index (χ3n) is 2.90. The summed E-state index contributed by atoms with van der Waals surface area (Å²) in [5.74, 6) is 0.446. The smallest absolute Gasteiger partial charge is 0.327 e. The molecule has 0 spiro atoms. The Morgan fingerprint density at radius 1 is 1.22 bits per heavy atom. The zero-order valence-electron chi connectivity index (χ0n) is 10.7. The number of benzene rings is 1. The lowest BCUT2D eigenvalue weighted by atomic mass is 9.94. The molecule has 18 heavy (non-hydrogen) atoms. The van der Waals surface area contributed by atoms with Crippen LogP contribution < -0.4 is 0 Å². The second-order valence-corrected chi connectivity index (χ2v) is 6.08. The maximum atomic E-state index is 10.6. The van der Waals surface area contributed by atoms with E-state index >= 15 is 0 Å². The molecule has 0 amide bonds. The lowest BCUT2D eigenvalue weighted by Gasteiger charge is -2.15. The van der Waals surface area contributed by atoms with E-state index in [2.05, 4.69) is 19.1 Å². The minimum absolute atomic E-state index is 0.121. The van der Waals surface area contributed by atoms with Crippen molar-refractivity contribution in [3.8, 4) is 0 Å². The van der Waals surface area contributed by atoms with Gasteiger partial charge in [0, 0.05) is 6.61 Å². The summed E-state index contributed by atoms with van der Waals surface area (Å²) in [6.45, 7) is 2.79. The number of hydrogen-bond acceptors (Lipinski definition) is 2. The molecule has 5 heteroatoms. The summed E-state index contributed by atoms with van der Waals surface area (Å²) in [5.41, 5.74) is 1.29. The van der Waals surface area contributed by atoms with Gasteiger partial charge in [-0.3, -0.25) is 4.57 Å². The van der Waals surface area contributed by atoms with Crippen molar-refractivity contribution in [2.75, 3.05) is 19.4 Å². The molecular weight excluding hydrogens is 251 g/mol. The molecule has 1 atom stereocenters. The van der Waals surface area contributed by atoms with E-state index in [9.17, 15) is 4.57 Å². The van der Waals surface area contributed by atoms with Crippen molar-refractivity contribution in [3.05, 3.63) is 35.9 Å². The summed E-state index contributed by atoms with van der Waals surface area (Å²) in [5, 5.41) is 0. The number of ether oxygens (including phenoxy) is 1. The van der Waals surface area contributed by atoms with Crippen molar-refractivity contribution in [1.29, 1.82) is 0 Å². The average Bonchev–Trinajstić information content (AvgIpc) is 2.33. The van der Waals surface area contributed by atoms with Crippen LogP contribution in [0, 0.1) is 0 Å². The van der Waals surface area contributed by atoms with Crippen molar-refractivity contribution in [3.63, 3.8) is 0 Å². The highest BCUT2D eigenvalue weighted by molar-refractivity contribution is 7.51. The van der Waals surface area contributed by atoms with Gasteiger partial charge in [-0.2, -0.15) is 0 Å². The molecule has 0 saturated heterocycles. The molecule has 0 bridgehead atoms. The maximum absolute atomic E-state index is 10.6. The van der Waals surface area contributed by atoms with E-state index in [4.69, 9.17) is 14.5 Å². The van der Waals surface area contributed by atoms with Gasteiger partial charge in [0.1, 0.15) is 0 Å². The number of hydrogen-bond donors (Lipinski definition) is 2. The van der Waals surface area contributed by atoms with Crippen LogP contribution in [-0.2, 0) is 9.30 Å². The van der Waals surface area contributed by atoms with Crippen LogP contribution in [0.5, 0.6) is 0 Å². The zero-order chi connectivity index (χ0) is 13.4. The molecular formula is C13H21O4P. The molecule has 1 rings (SSSR count). The summed E-state index contributed by atoms with van der Waals surface area (Å²) in [7, 11) is -3.92. The van der Waals surface area contributed by atoms with Crippen LogP contribution in [0.4, 0.5) is 0 Å². The fourth-order valence-corrected chi connectivity index (χ4v) is 2.21. The third kappa shape index (κ3) is 6.31. The predicted molar refractivity (Wildman–Crippen MR) is 71.8 cm³/mol. The average molecular weight is 272 g/mol. The first kappa shape index (κ1) is 15.4. The molecule has 0 aliphatic heterocycles. The van der Waals surface area contributed by atoms with Crippen molar-refractivity contribution in [1.82, 2.24) is 0 Å². The fraction of sp³-hybridized carbons (Fsp3) is 0.538. The van der Waals surface area contributed by atoms with E-state index in [-0.39, 0.29) is 12.8 Å². The predicted octanol–water partition coefficient (Wildman–Crippen LogP) is 2.76. The molecule has 1 aromatic rings. The molecule has 2 N–H and O–H groups in total. The Kier molecular flexibility index (Phi) is 6.58. The lowest BCUT2D eigenvalue weighted by Crippen LogP contribution is -2.06. The first-order valence-electron chi connectivity index (χ1n) is 6.20. The minimum Gasteiger partial charge on any atom is -0.381 e. The van der Waals surface area contributed by atoms with Gasteiger partial charge in [0.25, 0.3) is 0 Å². The zero-order valence-corrected chi connectivity index (χ0v) is 11.6. The summed E-state index contributed by atoms with van der Waals surface area (Å²) >= 11 is 0. The van der Waals surface area contributed by atoms with Crippen molar-refractivity contribution < 1.29 is 19.1 Å². The topological polar surface area (TPSA) is 66.8 Å². The van der Waals surface area contributed by atoms with E-state index < -0.39 is 7.60 Å². The normalized spacial score (nSPS) is 13.5. The molecule has 102 valence electrons. The standard InChI is InChI=1S/C13H21O4P/c1-2-12(13-6-4-3-5-7-13)8-9-17-10-11-18(14,15)16/h3-7,12H,2,8-11H2,1H3,(H2,14,15,16). The molecule has 1 unspecified atom stereocenters. The highest BCUT2D eigenvalue weighted by atomic mass is 31.2. The third-order valence-corrected chi connectivity index (χ3v) is 3.67. The monoisotopic (exact) mass is 272 g/mol. The first-order valence-corrected chi connectivity index (χ1v) is 8.00. The van der Waals surface area contributed by atoms with Gasteiger partial charge in [0.2, 0.25) is 0 Å². The fourth-order valence-electron chi connectivity index (χ4n) is 1.84. The molecule has 0 aromatic heterocycles. The second-order valence-electron chi connectivity index (χ2n) is 4.31. The molecule has 0 aliphatic rings. The van der Waals surface area contributed by atoms with Gasteiger partial charge in [-0.25, -0.2) is 0 Å². The van der Waals surface area contributed by atoms with Gasteiger partial charge in [0.05, 0.1) is 12.8 Å². The van der Waals surface area contributed by atoms with Gasteiger partial charge in [-0.1, -0.05) is 37.3 Å². The Morgan fingerprint density at radius 3 is 2.44 bits per heavy atom. The summed E-state index contributed by atoms with van der Waals surface area (Å²) in [4.78, 5) is 17.4. The highest BCUT2D eigenvalue weighted by Crippen LogP contribution is 2.33. The summed E-state index contributed by atoms with van der Waals surface area (Å²) in [6.07, 6.45) is 1.71. The second kappa shape index (κ2) is 7.70. The van der Waals surface area contributed by atoms with Crippen molar-refractivity contribution >= 4 is 7.60 Å².